The molecule has 0 aliphatic heterocycles. The van der Waals surface area contributed by atoms with E-state index in [-0.39, 0.29) is 11.9 Å². The number of nitrogens with one attached hydrogen (secondary N) is 1. The lowest BCUT2D eigenvalue weighted by atomic mass is 9.99. The van der Waals surface area contributed by atoms with E-state index < -0.39 is 0 Å². The molecule has 0 bridgehead atoms. The molecule has 0 saturated carbocycles. The Morgan fingerprint density at radius 2 is 1.71 bits per heavy atom. The molecule has 0 aromatic heterocycles. The van der Waals surface area contributed by atoms with E-state index in [0.717, 1.165) is 11.3 Å². The molecule has 0 aliphatic carbocycles. The van der Waals surface area contributed by atoms with Crippen LogP contribution in [0.4, 0.5) is 5.69 Å². The molecule has 0 amide bonds. The highest BCUT2D eigenvalue weighted by Gasteiger charge is 2.20. The lowest BCUT2D eigenvalue weighted by Gasteiger charge is -2.17. The Labute approximate surface area is 126 Å². The molecule has 0 heterocycles. The van der Waals surface area contributed by atoms with Crippen molar-refractivity contribution in [2.75, 3.05) is 19.0 Å². The lowest BCUT2D eigenvalue weighted by molar-refractivity contribution is -0.142. The number of aryl methyl sites for hydroxylation is 2. The molecule has 2 aromatic carbocycles. The van der Waals surface area contributed by atoms with Crippen molar-refractivity contribution in [3.63, 3.8) is 0 Å². The summed E-state index contributed by atoms with van der Waals surface area (Å²) >= 11 is 0. The van der Waals surface area contributed by atoms with Gasteiger partial charge in [0.1, 0.15) is 0 Å². The number of ether oxygens (including phenoxy) is 1. The molecule has 3 heteroatoms. The van der Waals surface area contributed by atoms with Crippen LogP contribution >= 0.6 is 0 Å². The smallest absolute Gasteiger partial charge is 0.314 e. The average molecular weight is 283 g/mol. The molecule has 1 unspecified atom stereocenters. The maximum absolute atomic E-state index is 12.0. The Hall–Kier alpha value is -2.29. The van der Waals surface area contributed by atoms with Crippen molar-refractivity contribution in [3.8, 4) is 0 Å². The minimum Gasteiger partial charge on any atom is -0.468 e. The topological polar surface area (TPSA) is 38.3 Å². The summed E-state index contributed by atoms with van der Waals surface area (Å²) in [6, 6.07) is 16.0. The van der Waals surface area contributed by atoms with Gasteiger partial charge in [0.25, 0.3) is 0 Å². The van der Waals surface area contributed by atoms with Crippen LogP contribution in [0.15, 0.2) is 48.5 Å². The Bertz CT molecular complexity index is 588. The highest BCUT2D eigenvalue weighted by atomic mass is 16.5. The summed E-state index contributed by atoms with van der Waals surface area (Å²) in [5.74, 6) is -0.532. The van der Waals surface area contributed by atoms with Crippen LogP contribution in [0.25, 0.3) is 0 Å². The molecule has 2 aromatic rings. The van der Waals surface area contributed by atoms with Crippen molar-refractivity contribution in [2.24, 2.45) is 0 Å². The molecule has 2 rings (SSSR count). The van der Waals surface area contributed by atoms with Crippen LogP contribution in [-0.4, -0.2) is 19.6 Å². The van der Waals surface area contributed by atoms with Crippen molar-refractivity contribution in [1.29, 1.82) is 0 Å². The first-order valence-electron chi connectivity index (χ1n) is 7.05. The summed E-state index contributed by atoms with van der Waals surface area (Å²) in [7, 11) is 1.43. The van der Waals surface area contributed by atoms with Crippen LogP contribution in [0.2, 0.25) is 0 Å². The van der Waals surface area contributed by atoms with Gasteiger partial charge in [-0.05, 0) is 42.7 Å². The van der Waals surface area contributed by atoms with Crippen molar-refractivity contribution in [2.45, 2.75) is 19.8 Å². The minimum atomic E-state index is -0.308. The summed E-state index contributed by atoms with van der Waals surface area (Å²) in [6.45, 7) is 4.64. The number of esters is 1. The number of anilines is 1. The summed E-state index contributed by atoms with van der Waals surface area (Å²) in [4.78, 5) is 12.0. The third-order valence-corrected chi connectivity index (χ3v) is 3.42. The first kappa shape index (κ1) is 15.1. The number of rotatable bonds is 5. The van der Waals surface area contributed by atoms with Crippen LogP contribution in [0.1, 0.15) is 22.6 Å². The molecule has 1 N–H and O–H groups in total. The molecular weight excluding hydrogens is 262 g/mol. The third-order valence-electron chi connectivity index (χ3n) is 3.42. The maximum Gasteiger partial charge on any atom is 0.314 e. The van der Waals surface area contributed by atoms with Gasteiger partial charge in [0.2, 0.25) is 0 Å². The molecule has 0 saturated heterocycles. The standard InChI is InChI=1S/C18H21NO2/c1-13-9-14(2)11-16(10-13)19-12-17(18(20)21-3)15-7-5-4-6-8-15/h4-11,17,19H,12H2,1-3H3. The Kier molecular flexibility index (Phi) is 4.99. The molecule has 0 aliphatic rings. The maximum atomic E-state index is 12.0. The monoisotopic (exact) mass is 283 g/mol. The summed E-state index contributed by atoms with van der Waals surface area (Å²) < 4.78 is 4.92. The minimum absolute atomic E-state index is 0.224. The van der Waals surface area contributed by atoms with Gasteiger partial charge in [0, 0.05) is 12.2 Å². The molecule has 0 fully saturated rings. The summed E-state index contributed by atoms with van der Waals surface area (Å²) in [5.41, 5.74) is 4.39. The van der Waals surface area contributed by atoms with Gasteiger partial charge < -0.3 is 10.1 Å². The summed E-state index contributed by atoms with van der Waals surface area (Å²) in [5, 5.41) is 3.34. The molecule has 21 heavy (non-hydrogen) atoms. The predicted molar refractivity (Wildman–Crippen MR) is 85.6 cm³/mol. The van der Waals surface area contributed by atoms with Gasteiger partial charge >= 0.3 is 5.97 Å². The van der Waals surface area contributed by atoms with E-state index in [9.17, 15) is 4.79 Å². The van der Waals surface area contributed by atoms with Crippen LogP contribution in [0, 0.1) is 13.8 Å². The van der Waals surface area contributed by atoms with Crippen LogP contribution < -0.4 is 5.32 Å². The van der Waals surface area contributed by atoms with E-state index in [1.807, 2.05) is 30.3 Å². The van der Waals surface area contributed by atoms with Gasteiger partial charge in [-0.15, -0.1) is 0 Å². The molecule has 1 atom stereocenters. The zero-order valence-corrected chi connectivity index (χ0v) is 12.7. The lowest BCUT2D eigenvalue weighted by Crippen LogP contribution is -2.22. The van der Waals surface area contributed by atoms with E-state index in [0.29, 0.717) is 6.54 Å². The zero-order chi connectivity index (χ0) is 15.2. The fourth-order valence-electron chi connectivity index (χ4n) is 2.46. The number of benzene rings is 2. The van der Waals surface area contributed by atoms with Gasteiger partial charge in [-0.1, -0.05) is 36.4 Å². The van der Waals surface area contributed by atoms with E-state index in [4.69, 9.17) is 4.74 Å². The highest BCUT2D eigenvalue weighted by molar-refractivity contribution is 5.78. The Morgan fingerprint density at radius 3 is 2.29 bits per heavy atom. The van der Waals surface area contributed by atoms with Gasteiger partial charge in [0.05, 0.1) is 13.0 Å². The quantitative estimate of drug-likeness (QED) is 0.851. The Balaban J connectivity index is 2.14. The number of hydrogen-bond donors (Lipinski definition) is 1. The number of carbonyl (C=O) groups excluding carboxylic acids is 1. The normalized spacial score (nSPS) is 11.8. The van der Waals surface area contributed by atoms with Crippen LogP contribution in [0.5, 0.6) is 0 Å². The number of methoxy groups -OCH3 is 1. The van der Waals surface area contributed by atoms with Crippen LogP contribution in [0.3, 0.4) is 0 Å². The largest absolute Gasteiger partial charge is 0.468 e. The highest BCUT2D eigenvalue weighted by Crippen LogP contribution is 2.20. The molecule has 110 valence electrons. The average Bonchev–Trinajstić information content (AvgIpc) is 2.47. The molecule has 0 radical (unpaired) electrons. The van der Waals surface area contributed by atoms with Crippen molar-refractivity contribution in [3.05, 3.63) is 65.2 Å². The molecule has 3 nitrogen and oxygen atoms in total. The van der Waals surface area contributed by atoms with Gasteiger partial charge in [-0.3, -0.25) is 4.79 Å². The van der Waals surface area contributed by atoms with Gasteiger partial charge in [-0.25, -0.2) is 0 Å². The molecular formula is C18H21NO2. The second-order valence-electron chi connectivity index (χ2n) is 5.24. The van der Waals surface area contributed by atoms with Crippen LogP contribution in [-0.2, 0) is 9.53 Å². The Morgan fingerprint density at radius 1 is 1.10 bits per heavy atom. The van der Waals surface area contributed by atoms with Crippen molar-refractivity contribution < 1.29 is 9.53 Å². The van der Waals surface area contributed by atoms with Gasteiger partial charge in [0.15, 0.2) is 0 Å². The SMILES string of the molecule is COC(=O)C(CNc1cc(C)cc(C)c1)c1ccccc1. The zero-order valence-electron chi connectivity index (χ0n) is 12.7. The number of carbonyl (C=O) groups is 1. The van der Waals surface area contributed by atoms with Crippen molar-refractivity contribution in [1.82, 2.24) is 0 Å². The third kappa shape index (κ3) is 4.09. The second kappa shape index (κ2) is 6.93. The predicted octanol–water partition coefficient (Wildman–Crippen LogP) is 3.67. The number of hydrogen-bond acceptors (Lipinski definition) is 3. The van der Waals surface area contributed by atoms with E-state index >= 15 is 0 Å². The van der Waals surface area contributed by atoms with E-state index in [2.05, 4.69) is 37.4 Å². The first-order valence-corrected chi connectivity index (χ1v) is 7.05. The van der Waals surface area contributed by atoms with E-state index in [1.54, 1.807) is 0 Å². The fraction of sp³-hybridized carbons (Fsp3) is 0.278. The second-order valence-corrected chi connectivity index (χ2v) is 5.24. The summed E-state index contributed by atoms with van der Waals surface area (Å²) in [6.07, 6.45) is 0. The van der Waals surface area contributed by atoms with Crippen molar-refractivity contribution >= 4 is 11.7 Å². The molecule has 0 spiro atoms. The van der Waals surface area contributed by atoms with E-state index in [1.165, 1.54) is 18.2 Å². The van der Waals surface area contributed by atoms with Gasteiger partial charge in [-0.2, -0.15) is 0 Å². The first-order chi connectivity index (χ1) is 10.1. The fourth-order valence-corrected chi connectivity index (χ4v) is 2.46.